The molecule has 0 bridgehead atoms. The molecule has 1 unspecified atom stereocenters. The molecule has 1 N–H and O–H groups in total. The number of benzene rings is 1. The summed E-state index contributed by atoms with van der Waals surface area (Å²) in [7, 11) is 0. The molecule has 1 aliphatic rings. The Labute approximate surface area is 119 Å². The largest absolute Gasteiger partial charge is 0.487 e. The number of rotatable bonds is 4. The molecule has 0 amide bonds. The molecule has 4 heteroatoms. The average Bonchev–Trinajstić information content (AvgIpc) is 2.81. The van der Waals surface area contributed by atoms with Crippen molar-refractivity contribution in [1.29, 1.82) is 0 Å². The third-order valence-electron chi connectivity index (χ3n) is 3.39. The first-order valence-corrected chi connectivity index (χ1v) is 7.16. The lowest BCUT2D eigenvalue weighted by atomic mass is 9.92. The van der Waals surface area contributed by atoms with Crippen LogP contribution in [-0.2, 0) is 0 Å². The van der Waals surface area contributed by atoms with Crippen LogP contribution in [-0.4, -0.2) is 19.2 Å². The fourth-order valence-electron chi connectivity index (χ4n) is 2.47. The Morgan fingerprint density at radius 1 is 1.28 bits per heavy atom. The van der Waals surface area contributed by atoms with Gasteiger partial charge in [-0.3, -0.25) is 0 Å². The fourth-order valence-corrected chi connectivity index (χ4v) is 2.95. The minimum absolute atomic E-state index is 0.150. The second-order valence-corrected chi connectivity index (χ2v) is 5.94. The summed E-state index contributed by atoms with van der Waals surface area (Å²) in [5, 5.41) is 4.54. The van der Waals surface area contributed by atoms with Crippen LogP contribution >= 0.6 is 23.2 Å². The molecule has 0 radical (unpaired) electrons. The van der Waals surface area contributed by atoms with Crippen LogP contribution in [0.5, 0.6) is 5.75 Å². The monoisotopic (exact) mass is 287 g/mol. The van der Waals surface area contributed by atoms with Crippen LogP contribution in [0.1, 0.15) is 20.3 Å². The molecule has 1 fully saturated rings. The quantitative estimate of drug-likeness (QED) is 0.904. The third-order valence-corrected chi connectivity index (χ3v) is 3.99. The first-order chi connectivity index (χ1) is 8.59. The molecule has 2 nitrogen and oxygen atoms in total. The molecule has 1 saturated heterocycles. The molecule has 2 rings (SSSR count). The maximum absolute atomic E-state index is 6.16. The van der Waals surface area contributed by atoms with Crippen LogP contribution in [0.15, 0.2) is 18.2 Å². The van der Waals surface area contributed by atoms with E-state index in [2.05, 4.69) is 19.2 Å². The van der Waals surface area contributed by atoms with Crippen molar-refractivity contribution in [3.05, 3.63) is 28.2 Å². The molecule has 1 aromatic rings. The van der Waals surface area contributed by atoms with E-state index in [-0.39, 0.29) is 6.10 Å². The lowest BCUT2D eigenvalue weighted by Crippen LogP contribution is -2.33. The highest BCUT2D eigenvalue weighted by Gasteiger charge is 2.30. The van der Waals surface area contributed by atoms with E-state index in [9.17, 15) is 0 Å². The summed E-state index contributed by atoms with van der Waals surface area (Å²) in [5.74, 6) is 1.58. The Bertz CT molecular complexity index is 383. The maximum atomic E-state index is 6.16. The predicted molar refractivity (Wildman–Crippen MR) is 76.7 cm³/mol. The van der Waals surface area contributed by atoms with Crippen molar-refractivity contribution in [1.82, 2.24) is 5.32 Å². The van der Waals surface area contributed by atoms with E-state index in [1.807, 2.05) is 18.2 Å². The van der Waals surface area contributed by atoms with Gasteiger partial charge >= 0.3 is 0 Å². The number of halogens is 2. The lowest BCUT2D eigenvalue weighted by Gasteiger charge is -2.28. The summed E-state index contributed by atoms with van der Waals surface area (Å²) in [6.07, 6.45) is 1.29. The van der Waals surface area contributed by atoms with Crippen LogP contribution < -0.4 is 10.1 Å². The normalized spacial score (nSPS) is 21.3. The molecule has 1 aromatic carbocycles. The van der Waals surface area contributed by atoms with Gasteiger partial charge in [0.1, 0.15) is 6.10 Å². The van der Waals surface area contributed by atoms with Crippen LogP contribution in [0.3, 0.4) is 0 Å². The highest BCUT2D eigenvalue weighted by molar-refractivity contribution is 6.37. The zero-order chi connectivity index (χ0) is 13.1. The Morgan fingerprint density at radius 3 is 2.44 bits per heavy atom. The fraction of sp³-hybridized carbons (Fsp3) is 0.571. The van der Waals surface area contributed by atoms with Gasteiger partial charge in [0.2, 0.25) is 0 Å². The lowest BCUT2D eigenvalue weighted by molar-refractivity contribution is 0.0975. The van der Waals surface area contributed by atoms with Crippen LogP contribution in [0.4, 0.5) is 0 Å². The van der Waals surface area contributed by atoms with Gasteiger partial charge in [0.05, 0.1) is 10.0 Å². The molecular weight excluding hydrogens is 269 g/mol. The Morgan fingerprint density at radius 2 is 1.94 bits per heavy atom. The summed E-state index contributed by atoms with van der Waals surface area (Å²) in [6, 6.07) is 5.46. The number of hydrogen-bond donors (Lipinski definition) is 1. The zero-order valence-electron chi connectivity index (χ0n) is 10.7. The van der Waals surface area contributed by atoms with Gasteiger partial charge in [0.15, 0.2) is 5.75 Å². The first kappa shape index (κ1) is 14.0. The van der Waals surface area contributed by atoms with Crippen molar-refractivity contribution >= 4 is 23.2 Å². The molecule has 0 saturated carbocycles. The van der Waals surface area contributed by atoms with E-state index in [0.717, 1.165) is 19.5 Å². The predicted octanol–water partition coefficient (Wildman–Crippen LogP) is 4.01. The molecular formula is C14H19Cl2NO. The average molecular weight is 288 g/mol. The standard InChI is InChI=1S/C14H19Cl2NO/c1-9(2)13(10-6-7-17-8-10)18-14-11(15)4-3-5-12(14)16/h3-5,9-10,13,17H,6-8H2,1-2H3/t10?,13-/m1/s1. The molecule has 1 aliphatic heterocycles. The topological polar surface area (TPSA) is 21.3 Å². The SMILES string of the molecule is CC(C)[C@@H](Oc1c(Cl)cccc1Cl)C1CCNC1. The van der Waals surface area contributed by atoms with E-state index in [1.54, 1.807) is 0 Å². The van der Waals surface area contributed by atoms with E-state index in [4.69, 9.17) is 27.9 Å². The first-order valence-electron chi connectivity index (χ1n) is 6.41. The maximum Gasteiger partial charge on any atom is 0.156 e. The number of para-hydroxylation sites is 1. The van der Waals surface area contributed by atoms with Crippen LogP contribution in [0.25, 0.3) is 0 Å². The molecule has 0 aromatic heterocycles. The zero-order valence-corrected chi connectivity index (χ0v) is 12.3. The highest BCUT2D eigenvalue weighted by Crippen LogP contribution is 2.35. The molecule has 0 spiro atoms. The van der Waals surface area contributed by atoms with Crippen molar-refractivity contribution in [2.45, 2.75) is 26.4 Å². The molecule has 18 heavy (non-hydrogen) atoms. The Kier molecular flexibility index (Phi) is 4.77. The van der Waals surface area contributed by atoms with Crippen molar-refractivity contribution in [3.8, 4) is 5.75 Å². The molecule has 2 atom stereocenters. The van der Waals surface area contributed by atoms with Gasteiger partial charge in [-0.2, -0.15) is 0 Å². The van der Waals surface area contributed by atoms with Crippen LogP contribution in [0.2, 0.25) is 10.0 Å². The molecule has 1 heterocycles. The van der Waals surface area contributed by atoms with Gasteiger partial charge in [-0.1, -0.05) is 43.1 Å². The van der Waals surface area contributed by atoms with Crippen molar-refractivity contribution in [3.63, 3.8) is 0 Å². The van der Waals surface area contributed by atoms with Gasteiger partial charge < -0.3 is 10.1 Å². The van der Waals surface area contributed by atoms with Gasteiger partial charge in [0, 0.05) is 12.5 Å². The number of nitrogens with one attached hydrogen (secondary N) is 1. The van der Waals surface area contributed by atoms with E-state index in [0.29, 0.717) is 27.6 Å². The second kappa shape index (κ2) is 6.14. The highest BCUT2D eigenvalue weighted by atomic mass is 35.5. The summed E-state index contributed by atoms with van der Waals surface area (Å²) in [4.78, 5) is 0. The van der Waals surface area contributed by atoms with Gasteiger partial charge in [-0.15, -0.1) is 0 Å². The van der Waals surface area contributed by atoms with Crippen LogP contribution in [0, 0.1) is 11.8 Å². The van der Waals surface area contributed by atoms with E-state index >= 15 is 0 Å². The minimum atomic E-state index is 0.150. The third kappa shape index (κ3) is 3.11. The summed E-state index contributed by atoms with van der Waals surface area (Å²) in [5.41, 5.74) is 0. The number of ether oxygens (including phenoxy) is 1. The summed E-state index contributed by atoms with van der Waals surface area (Å²) in [6.45, 7) is 6.42. The summed E-state index contributed by atoms with van der Waals surface area (Å²) >= 11 is 12.3. The molecule has 100 valence electrons. The minimum Gasteiger partial charge on any atom is -0.487 e. The van der Waals surface area contributed by atoms with Crippen molar-refractivity contribution in [2.75, 3.05) is 13.1 Å². The molecule has 0 aliphatic carbocycles. The summed E-state index contributed by atoms with van der Waals surface area (Å²) < 4.78 is 6.12. The van der Waals surface area contributed by atoms with E-state index in [1.165, 1.54) is 0 Å². The Hall–Kier alpha value is -0.440. The van der Waals surface area contributed by atoms with Crippen molar-refractivity contribution in [2.24, 2.45) is 11.8 Å². The second-order valence-electron chi connectivity index (χ2n) is 5.13. The number of hydrogen-bond acceptors (Lipinski definition) is 2. The smallest absolute Gasteiger partial charge is 0.156 e. The van der Waals surface area contributed by atoms with E-state index < -0.39 is 0 Å². The van der Waals surface area contributed by atoms with Crippen molar-refractivity contribution < 1.29 is 4.74 Å². The van der Waals surface area contributed by atoms with Gasteiger partial charge in [-0.05, 0) is 31.0 Å². The van der Waals surface area contributed by atoms with Gasteiger partial charge in [-0.25, -0.2) is 0 Å². The Balaban J connectivity index is 2.18. The van der Waals surface area contributed by atoms with Gasteiger partial charge in [0.25, 0.3) is 0 Å².